The zero-order valence-corrected chi connectivity index (χ0v) is 20.2. The fourth-order valence-corrected chi connectivity index (χ4v) is 4.32. The first-order valence-corrected chi connectivity index (χ1v) is 11.9. The van der Waals surface area contributed by atoms with Crippen LogP contribution in [0.3, 0.4) is 0 Å². The van der Waals surface area contributed by atoms with Crippen LogP contribution in [0.25, 0.3) is 11.3 Å². The molecule has 1 heterocycles. The van der Waals surface area contributed by atoms with E-state index in [-0.39, 0.29) is 29.1 Å². The summed E-state index contributed by atoms with van der Waals surface area (Å²) in [7, 11) is 0. The molecule has 1 aromatic heterocycles. The summed E-state index contributed by atoms with van der Waals surface area (Å²) in [6.45, 7) is 5.14. The van der Waals surface area contributed by atoms with E-state index in [1.165, 1.54) is 4.68 Å². The van der Waals surface area contributed by atoms with Crippen LogP contribution >= 0.6 is 11.6 Å². The van der Waals surface area contributed by atoms with Crippen LogP contribution in [0.15, 0.2) is 24.3 Å². The maximum Gasteiger partial charge on any atom is 0.267 e. The van der Waals surface area contributed by atoms with E-state index in [4.69, 9.17) is 11.6 Å². The van der Waals surface area contributed by atoms with Gasteiger partial charge in [-0.15, -0.1) is 0 Å². The van der Waals surface area contributed by atoms with E-state index in [0.717, 1.165) is 44.2 Å². The van der Waals surface area contributed by atoms with E-state index in [1.807, 2.05) is 6.92 Å². The van der Waals surface area contributed by atoms with Gasteiger partial charge in [0.2, 0.25) is 0 Å². The van der Waals surface area contributed by atoms with Gasteiger partial charge in [-0.05, 0) is 51.8 Å². The summed E-state index contributed by atoms with van der Waals surface area (Å²) in [5.41, 5.74) is 2.23. The Morgan fingerprint density at radius 3 is 2.52 bits per heavy atom. The summed E-state index contributed by atoms with van der Waals surface area (Å²) < 4.78 is 1.51. The van der Waals surface area contributed by atoms with Gasteiger partial charge in [-0.25, -0.2) is 5.06 Å². The van der Waals surface area contributed by atoms with Crippen LogP contribution in [-0.2, 0) is 11.3 Å². The van der Waals surface area contributed by atoms with Gasteiger partial charge in [0.1, 0.15) is 12.8 Å². The molecule has 0 radical (unpaired) electrons. The minimum absolute atomic E-state index is 0.0474. The molecule has 0 saturated heterocycles. The molecule has 8 nitrogen and oxygen atoms in total. The van der Waals surface area contributed by atoms with Gasteiger partial charge in [0.05, 0.1) is 22.3 Å². The fourth-order valence-electron chi connectivity index (χ4n) is 4.12. The smallest absolute Gasteiger partial charge is 0.267 e. The molecular formula is C24H33ClN4O4. The second-order valence-electron chi connectivity index (χ2n) is 9.03. The molecule has 180 valence electrons. The number of aliphatic hydroxyl groups excluding tert-OH is 1. The number of carbonyl (C=O) groups is 2. The topological polar surface area (TPSA) is 108 Å². The summed E-state index contributed by atoms with van der Waals surface area (Å²) in [6, 6.07) is 6.48. The maximum atomic E-state index is 12.9. The van der Waals surface area contributed by atoms with Crippen molar-refractivity contribution in [3.63, 3.8) is 0 Å². The highest BCUT2D eigenvalue weighted by atomic mass is 35.5. The number of halogens is 1. The van der Waals surface area contributed by atoms with Gasteiger partial charge in [-0.1, -0.05) is 43.4 Å². The summed E-state index contributed by atoms with van der Waals surface area (Å²) >= 11 is 6.30. The molecule has 1 fully saturated rings. The third-order valence-corrected chi connectivity index (χ3v) is 6.47. The van der Waals surface area contributed by atoms with Gasteiger partial charge in [0.25, 0.3) is 11.8 Å². The number of aryl methyl sites for hydroxylation is 1. The van der Waals surface area contributed by atoms with Gasteiger partial charge in [0.15, 0.2) is 0 Å². The van der Waals surface area contributed by atoms with Gasteiger partial charge in [-0.2, -0.15) is 5.10 Å². The average Bonchev–Trinajstić information content (AvgIpc) is 2.97. The number of rotatable bonds is 7. The first-order valence-electron chi connectivity index (χ1n) is 11.5. The second-order valence-corrected chi connectivity index (χ2v) is 9.43. The number of aromatic nitrogens is 2. The summed E-state index contributed by atoms with van der Waals surface area (Å²) in [5, 5.41) is 28.6. The number of benzene rings is 1. The van der Waals surface area contributed by atoms with Crippen LogP contribution < -0.4 is 5.32 Å². The van der Waals surface area contributed by atoms with Crippen LogP contribution in [0.5, 0.6) is 0 Å². The van der Waals surface area contributed by atoms with Crippen molar-refractivity contribution in [2.24, 2.45) is 5.92 Å². The molecule has 0 spiro atoms. The number of aliphatic hydroxyl groups is 1. The Morgan fingerprint density at radius 1 is 1.21 bits per heavy atom. The van der Waals surface area contributed by atoms with Crippen LogP contribution in [0.1, 0.15) is 68.4 Å². The highest BCUT2D eigenvalue weighted by molar-refractivity contribution is 6.34. The first-order chi connectivity index (χ1) is 15.7. The zero-order chi connectivity index (χ0) is 24.1. The van der Waals surface area contributed by atoms with Crippen LogP contribution in [0.2, 0.25) is 5.02 Å². The number of hydrogen-bond acceptors (Lipinski definition) is 5. The predicted octanol–water partition coefficient (Wildman–Crippen LogP) is 4.16. The normalized spacial score (nSPS) is 15.8. The lowest BCUT2D eigenvalue weighted by Crippen LogP contribution is -2.40. The number of amides is 2. The minimum Gasteiger partial charge on any atom is -0.373 e. The molecule has 33 heavy (non-hydrogen) atoms. The van der Waals surface area contributed by atoms with Gasteiger partial charge in [0, 0.05) is 17.2 Å². The number of carbonyl (C=O) groups excluding carboxylic acids is 2. The molecule has 2 aromatic rings. The third kappa shape index (κ3) is 6.34. The quantitative estimate of drug-likeness (QED) is 0.241. The van der Waals surface area contributed by atoms with E-state index in [1.54, 1.807) is 38.1 Å². The summed E-state index contributed by atoms with van der Waals surface area (Å²) in [6.07, 6.45) is 5.32. The Bertz CT molecular complexity index is 983. The molecule has 1 unspecified atom stereocenters. The van der Waals surface area contributed by atoms with E-state index in [2.05, 4.69) is 10.4 Å². The highest BCUT2D eigenvalue weighted by Gasteiger charge is 2.24. The average molecular weight is 477 g/mol. The Hall–Kier alpha value is -2.42. The van der Waals surface area contributed by atoms with Crippen molar-refractivity contribution in [2.45, 2.75) is 78.1 Å². The Labute approximate surface area is 199 Å². The Kier molecular flexibility index (Phi) is 8.51. The monoisotopic (exact) mass is 476 g/mol. The predicted molar refractivity (Wildman–Crippen MR) is 126 cm³/mol. The molecule has 0 bridgehead atoms. The van der Waals surface area contributed by atoms with Gasteiger partial charge in [-0.3, -0.25) is 19.5 Å². The number of nitrogens with zero attached hydrogens (tertiary/aromatic N) is 3. The van der Waals surface area contributed by atoms with Crippen molar-refractivity contribution >= 4 is 23.4 Å². The van der Waals surface area contributed by atoms with Crippen molar-refractivity contribution in [1.82, 2.24) is 20.2 Å². The number of nitrogens with one attached hydrogen (secondary N) is 1. The highest BCUT2D eigenvalue weighted by Crippen LogP contribution is 2.27. The van der Waals surface area contributed by atoms with E-state index >= 15 is 0 Å². The number of hydroxylamine groups is 2. The summed E-state index contributed by atoms with van der Waals surface area (Å²) in [4.78, 5) is 25.1. The van der Waals surface area contributed by atoms with Gasteiger partial charge >= 0.3 is 0 Å². The molecule has 1 atom stereocenters. The molecule has 1 aliphatic rings. The van der Waals surface area contributed by atoms with Crippen LogP contribution in [0, 0.1) is 12.8 Å². The van der Waals surface area contributed by atoms with Crippen molar-refractivity contribution < 1.29 is 19.9 Å². The number of hydrogen-bond donors (Lipinski definition) is 3. The lowest BCUT2D eigenvalue weighted by molar-refractivity contribution is -0.173. The minimum atomic E-state index is -0.912. The van der Waals surface area contributed by atoms with E-state index < -0.39 is 18.0 Å². The lowest BCUT2D eigenvalue weighted by Gasteiger charge is -2.22. The first kappa shape index (κ1) is 25.2. The molecule has 9 heteroatoms. The zero-order valence-electron chi connectivity index (χ0n) is 19.4. The molecule has 0 aliphatic heterocycles. The molecular weight excluding hydrogens is 444 g/mol. The van der Waals surface area contributed by atoms with Crippen LogP contribution in [0.4, 0.5) is 0 Å². The Morgan fingerprint density at radius 2 is 1.88 bits per heavy atom. The SMILES string of the molecule is Cc1cc(-c2ccc(Cl)c(C(=O)NC(O)C3CCCCCC3)c2)nn1CC(=O)N(O)C(C)C. The third-order valence-electron chi connectivity index (χ3n) is 6.14. The molecule has 1 saturated carbocycles. The Balaban J connectivity index is 1.76. The molecule has 3 N–H and O–H groups in total. The van der Waals surface area contributed by atoms with E-state index in [0.29, 0.717) is 16.3 Å². The van der Waals surface area contributed by atoms with E-state index in [9.17, 15) is 19.9 Å². The maximum absolute atomic E-state index is 12.9. The van der Waals surface area contributed by atoms with Crippen LogP contribution in [-0.4, -0.2) is 49.2 Å². The largest absolute Gasteiger partial charge is 0.373 e. The van der Waals surface area contributed by atoms with Crippen molar-refractivity contribution in [3.05, 3.63) is 40.5 Å². The summed E-state index contributed by atoms with van der Waals surface area (Å²) in [5.74, 6) is -0.851. The molecule has 2 amide bonds. The standard InChI is InChI=1S/C24H33ClN4O4/c1-15(2)29(33)22(30)14-28-16(3)12-21(27-28)18-10-11-20(25)19(13-18)24(32)26-23(31)17-8-6-4-5-7-9-17/h10-13,15,17,23,31,33H,4-9,14H2,1-3H3,(H,26,32). The fraction of sp³-hybridized carbons (Fsp3) is 0.542. The molecule has 3 rings (SSSR count). The molecule has 1 aliphatic carbocycles. The van der Waals surface area contributed by atoms with Gasteiger partial charge < -0.3 is 10.4 Å². The second kappa shape index (κ2) is 11.1. The van der Waals surface area contributed by atoms with Crippen molar-refractivity contribution in [2.75, 3.05) is 0 Å². The lowest BCUT2D eigenvalue weighted by atomic mass is 9.98. The molecule has 1 aromatic carbocycles. The van der Waals surface area contributed by atoms with Crippen molar-refractivity contribution in [3.8, 4) is 11.3 Å². The van der Waals surface area contributed by atoms with Crippen molar-refractivity contribution in [1.29, 1.82) is 0 Å².